The second kappa shape index (κ2) is 8.47. The van der Waals surface area contributed by atoms with Gasteiger partial charge >= 0.3 is 5.97 Å². The number of carboxylic acid groups (broad SMARTS) is 1. The van der Waals surface area contributed by atoms with Gasteiger partial charge in [-0.15, -0.1) is 0 Å². The number of benzene rings is 1. The molecule has 3 N–H and O–H groups in total. The van der Waals surface area contributed by atoms with E-state index in [1.54, 1.807) is 31.2 Å². The molecule has 0 saturated heterocycles. The first-order chi connectivity index (χ1) is 11.5. The average Bonchev–Trinajstić information content (AvgIpc) is 3.12. The summed E-state index contributed by atoms with van der Waals surface area (Å²) in [5.74, 6) is -1.62. The van der Waals surface area contributed by atoms with Crippen LogP contribution in [0.15, 0.2) is 24.3 Å². The molecule has 6 nitrogen and oxygen atoms in total. The molecule has 0 bridgehead atoms. The number of carboxylic acids is 1. The predicted molar refractivity (Wildman–Crippen MR) is 89.4 cm³/mol. The molecule has 2 rings (SSSR count). The largest absolute Gasteiger partial charge is 0.481 e. The van der Waals surface area contributed by atoms with Crippen LogP contribution in [0, 0.1) is 11.8 Å². The first kappa shape index (κ1) is 18.0. The van der Waals surface area contributed by atoms with Crippen LogP contribution in [0.25, 0.3) is 0 Å². The van der Waals surface area contributed by atoms with Gasteiger partial charge in [-0.3, -0.25) is 14.4 Å². The van der Waals surface area contributed by atoms with E-state index in [1.807, 2.05) is 0 Å². The first-order valence-corrected chi connectivity index (χ1v) is 8.35. The van der Waals surface area contributed by atoms with E-state index >= 15 is 0 Å². The fraction of sp³-hybridized carbons (Fsp3) is 0.500. The molecule has 1 atom stereocenters. The Hall–Kier alpha value is -2.37. The van der Waals surface area contributed by atoms with Crippen molar-refractivity contribution in [2.45, 2.75) is 39.2 Å². The van der Waals surface area contributed by atoms with E-state index in [4.69, 9.17) is 5.11 Å². The van der Waals surface area contributed by atoms with Crippen molar-refractivity contribution >= 4 is 17.8 Å². The van der Waals surface area contributed by atoms with Crippen LogP contribution >= 0.6 is 0 Å². The minimum atomic E-state index is -0.941. The Kier molecular flexibility index (Phi) is 6.35. The fourth-order valence-electron chi connectivity index (χ4n) is 2.73. The van der Waals surface area contributed by atoms with Crippen molar-refractivity contribution in [3.8, 4) is 0 Å². The van der Waals surface area contributed by atoms with Gasteiger partial charge in [-0.05, 0) is 30.5 Å². The van der Waals surface area contributed by atoms with Crippen molar-refractivity contribution in [3.63, 3.8) is 0 Å². The third kappa shape index (κ3) is 5.08. The average molecular weight is 332 g/mol. The molecule has 0 radical (unpaired) electrons. The molecule has 1 aromatic carbocycles. The van der Waals surface area contributed by atoms with Crippen LogP contribution in [0.3, 0.4) is 0 Å². The molecule has 0 aliphatic heterocycles. The smallest absolute Gasteiger partial charge is 0.308 e. The summed E-state index contributed by atoms with van der Waals surface area (Å²) in [5.41, 5.74) is 1.40. The lowest BCUT2D eigenvalue weighted by Crippen LogP contribution is -2.31. The number of hydrogen-bond donors (Lipinski definition) is 3. The van der Waals surface area contributed by atoms with E-state index in [-0.39, 0.29) is 24.3 Å². The zero-order valence-corrected chi connectivity index (χ0v) is 13.9. The third-order valence-corrected chi connectivity index (χ3v) is 4.40. The fourth-order valence-corrected chi connectivity index (χ4v) is 2.73. The summed E-state index contributed by atoms with van der Waals surface area (Å²) < 4.78 is 0. The molecule has 24 heavy (non-hydrogen) atoms. The highest BCUT2D eigenvalue weighted by atomic mass is 16.4. The molecule has 2 amide bonds. The summed E-state index contributed by atoms with van der Waals surface area (Å²) >= 11 is 0. The Morgan fingerprint density at radius 3 is 2.33 bits per heavy atom. The highest BCUT2D eigenvalue weighted by Gasteiger charge is 2.22. The monoisotopic (exact) mass is 332 g/mol. The van der Waals surface area contributed by atoms with Crippen molar-refractivity contribution in [2.75, 3.05) is 6.54 Å². The molecule has 1 aliphatic rings. The van der Waals surface area contributed by atoms with Gasteiger partial charge in [0.15, 0.2) is 0 Å². The Labute approximate surface area is 141 Å². The van der Waals surface area contributed by atoms with Gasteiger partial charge in [0, 0.05) is 24.6 Å². The van der Waals surface area contributed by atoms with E-state index in [1.165, 1.54) is 0 Å². The van der Waals surface area contributed by atoms with E-state index in [2.05, 4.69) is 10.6 Å². The zero-order chi connectivity index (χ0) is 17.5. The van der Waals surface area contributed by atoms with Gasteiger partial charge < -0.3 is 15.7 Å². The molecule has 0 aromatic heterocycles. The molecule has 130 valence electrons. The lowest BCUT2D eigenvalue weighted by atomic mass is 10.1. The SMILES string of the molecule is CC(CNC(=O)c1ccc(CNC(=O)C2CCCC2)cc1)C(=O)O. The van der Waals surface area contributed by atoms with Crippen LogP contribution in [0.2, 0.25) is 0 Å². The Morgan fingerprint density at radius 2 is 1.75 bits per heavy atom. The Morgan fingerprint density at radius 1 is 1.12 bits per heavy atom. The Bertz CT molecular complexity index is 592. The van der Waals surface area contributed by atoms with Crippen molar-refractivity contribution in [1.82, 2.24) is 10.6 Å². The highest BCUT2D eigenvalue weighted by Crippen LogP contribution is 2.24. The molecular weight excluding hydrogens is 308 g/mol. The summed E-state index contributed by atoms with van der Waals surface area (Å²) in [5, 5.41) is 14.3. The van der Waals surface area contributed by atoms with Crippen molar-refractivity contribution in [3.05, 3.63) is 35.4 Å². The maximum Gasteiger partial charge on any atom is 0.308 e. The topological polar surface area (TPSA) is 95.5 Å². The quantitative estimate of drug-likeness (QED) is 0.711. The molecule has 1 aliphatic carbocycles. The van der Waals surface area contributed by atoms with Gasteiger partial charge in [-0.25, -0.2) is 0 Å². The second-order valence-electron chi connectivity index (χ2n) is 6.35. The van der Waals surface area contributed by atoms with E-state index < -0.39 is 11.9 Å². The molecule has 0 spiro atoms. The minimum absolute atomic E-state index is 0.0906. The maximum absolute atomic E-state index is 12.0. The van der Waals surface area contributed by atoms with Crippen molar-refractivity contribution < 1.29 is 19.5 Å². The standard InChI is InChI=1S/C18H24N2O4/c1-12(18(23)24)10-19-17(22)15-8-6-13(7-9-15)11-20-16(21)14-4-2-3-5-14/h6-9,12,14H,2-5,10-11H2,1H3,(H,19,22)(H,20,21)(H,23,24). The maximum atomic E-state index is 12.0. The van der Waals surface area contributed by atoms with Crippen LogP contribution in [0.4, 0.5) is 0 Å². The number of aliphatic carboxylic acids is 1. The third-order valence-electron chi connectivity index (χ3n) is 4.40. The van der Waals surface area contributed by atoms with Crippen molar-refractivity contribution in [2.24, 2.45) is 11.8 Å². The zero-order valence-electron chi connectivity index (χ0n) is 13.9. The second-order valence-corrected chi connectivity index (χ2v) is 6.35. The first-order valence-electron chi connectivity index (χ1n) is 8.35. The van der Waals surface area contributed by atoms with Crippen molar-refractivity contribution in [1.29, 1.82) is 0 Å². The van der Waals surface area contributed by atoms with Gasteiger partial charge in [0.05, 0.1) is 5.92 Å². The molecule has 1 fully saturated rings. The number of hydrogen-bond acceptors (Lipinski definition) is 3. The Balaban J connectivity index is 1.80. The molecule has 0 heterocycles. The van der Waals surface area contributed by atoms with E-state index in [0.717, 1.165) is 31.2 Å². The molecule has 1 saturated carbocycles. The lowest BCUT2D eigenvalue weighted by molar-refractivity contribution is -0.140. The number of nitrogens with one attached hydrogen (secondary N) is 2. The van der Waals surface area contributed by atoms with Gasteiger partial charge in [0.25, 0.3) is 5.91 Å². The van der Waals surface area contributed by atoms with Crippen LogP contribution < -0.4 is 10.6 Å². The van der Waals surface area contributed by atoms with Crippen LogP contribution in [0.1, 0.15) is 48.5 Å². The molecule has 1 unspecified atom stereocenters. The molecular formula is C18H24N2O4. The van der Waals surface area contributed by atoms with Crippen LogP contribution in [-0.2, 0) is 16.1 Å². The van der Waals surface area contributed by atoms with Gasteiger partial charge in [0.2, 0.25) is 5.91 Å². The number of carbonyl (C=O) groups excluding carboxylic acids is 2. The minimum Gasteiger partial charge on any atom is -0.481 e. The summed E-state index contributed by atoms with van der Waals surface area (Å²) in [7, 11) is 0. The number of carbonyl (C=O) groups is 3. The summed E-state index contributed by atoms with van der Waals surface area (Å²) in [6.07, 6.45) is 4.20. The summed E-state index contributed by atoms with van der Waals surface area (Å²) in [4.78, 5) is 34.7. The predicted octanol–water partition coefficient (Wildman–Crippen LogP) is 1.94. The number of rotatable bonds is 7. The van der Waals surface area contributed by atoms with Gasteiger partial charge in [0.1, 0.15) is 0 Å². The van der Waals surface area contributed by atoms with E-state index in [0.29, 0.717) is 12.1 Å². The summed E-state index contributed by atoms with van der Waals surface area (Å²) in [6, 6.07) is 6.95. The highest BCUT2D eigenvalue weighted by molar-refractivity contribution is 5.94. The van der Waals surface area contributed by atoms with E-state index in [9.17, 15) is 14.4 Å². The number of amides is 2. The van der Waals surface area contributed by atoms with Gasteiger partial charge in [-0.2, -0.15) is 0 Å². The van der Waals surface area contributed by atoms with Gasteiger partial charge in [-0.1, -0.05) is 31.9 Å². The molecule has 1 aromatic rings. The summed E-state index contributed by atoms with van der Waals surface area (Å²) in [6.45, 7) is 2.08. The van der Waals surface area contributed by atoms with Crippen LogP contribution in [-0.4, -0.2) is 29.4 Å². The van der Waals surface area contributed by atoms with Crippen LogP contribution in [0.5, 0.6) is 0 Å². The molecule has 6 heteroatoms. The normalized spacial score (nSPS) is 15.7. The lowest BCUT2D eigenvalue weighted by Gasteiger charge is -2.11.